The van der Waals surface area contributed by atoms with Gasteiger partial charge in [-0.25, -0.2) is 4.79 Å². The van der Waals surface area contributed by atoms with Gasteiger partial charge in [-0.3, -0.25) is 0 Å². The van der Waals surface area contributed by atoms with Gasteiger partial charge in [0.25, 0.3) is 0 Å². The maximum Gasteiger partial charge on any atom is 0.416 e. The minimum atomic E-state index is -4.57. The molecular weight excluding hydrogens is 417 g/mol. The summed E-state index contributed by atoms with van der Waals surface area (Å²) >= 11 is 0. The highest BCUT2D eigenvalue weighted by molar-refractivity contribution is 5.94. The van der Waals surface area contributed by atoms with Gasteiger partial charge in [0.2, 0.25) is 11.5 Å². The van der Waals surface area contributed by atoms with Crippen LogP contribution in [0.15, 0.2) is 47.1 Å². The quantitative estimate of drug-likeness (QED) is 0.543. The zero-order chi connectivity index (χ0) is 22.8. The molecule has 0 saturated carbocycles. The standard InChI is InChI=1S/C22H19F3O6/c1-28-16-8-12(9-17(29-2)19(16)30-3)7-14-11-31-20(21(26)27)18(14)13-5-4-6-15(10-13)22(23,24)25/h4-6,8-11H,7H2,1-3H3,(H,26,27). The van der Waals surface area contributed by atoms with Crippen molar-refractivity contribution >= 4 is 5.97 Å². The van der Waals surface area contributed by atoms with Gasteiger partial charge < -0.3 is 23.7 Å². The van der Waals surface area contributed by atoms with Crippen molar-refractivity contribution in [2.45, 2.75) is 12.6 Å². The normalized spacial score (nSPS) is 11.3. The smallest absolute Gasteiger partial charge is 0.416 e. The average Bonchev–Trinajstić information content (AvgIpc) is 3.16. The lowest BCUT2D eigenvalue weighted by atomic mass is 9.95. The fourth-order valence-electron chi connectivity index (χ4n) is 3.31. The van der Waals surface area contributed by atoms with E-state index < -0.39 is 23.5 Å². The fraction of sp³-hybridized carbons (Fsp3) is 0.227. The molecule has 9 heteroatoms. The Morgan fingerprint density at radius 2 is 1.68 bits per heavy atom. The number of furan rings is 1. The van der Waals surface area contributed by atoms with E-state index in [1.54, 1.807) is 12.1 Å². The summed E-state index contributed by atoms with van der Waals surface area (Å²) < 4.78 is 60.7. The Bertz CT molecular complexity index is 1080. The van der Waals surface area contributed by atoms with Crippen molar-refractivity contribution in [3.63, 3.8) is 0 Å². The first kappa shape index (κ1) is 22.1. The summed E-state index contributed by atoms with van der Waals surface area (Å²) in [5.41, 5.74) is 0.323. The fourth-order valence-corrected chi connectivity index (χ4v) is 3.31. The number of benzene rings is 2. The van der Waals surface area contributed by atoms with Crippen LogP contribution in [0.1, 0.15) is 27.2 Å². The van der Waals surface area contributed by atoms with Crippen molar-refractivity contribution in [1.82, 2.24) is 0 Å². The van der Waals surface area contributed by atoms with E-state index in [0.29, 0.717) is 28.4 Å². The van der Waals surface area contributed by atoms with Crippen LogP contribution in [-0.4, -0.2) is 32.4 Å². The van der Waals surface area contributed by atoms with Crippen molar-refractivity contribution < 1.29 is 41.7 Å². The molecule has 0 aliphatic carbocycles. The third-order valence-corrected chi connectivity index (χ3v) is 4.66. The summed E-state index contributed by atoms with van der Waals surface area (Å²) in [4.78, 5) is 11.7. The molecule has 0 spiro atoms. The Morgan fingerprint density at radius 3 is 2.19 bits per heavy atom. The summed E-state index contributed by atoms with van der Waals surface area (Å²) in [5.74, 6) is -0.672. The zero-order valence-electron chi connectivity index (χ0n) is 16.9. The molecule has 1 heterocycles. The second-order valence-corrected chi connectivity index (χ2v) is 6.56. The van der Waals surface area contributed by atoms with Gasteiger partial charge in [-0.05, 0) is 35.4 Å². The molecule has 31 heavy (non-hydrogen) atoms. The highest BCUT2D eigenvalue weighted by Gasteiger charge is 2.31. The summed E-state index contributed by atoms with van der Waals surface area (Å²) in [7, 11) is 4.37. The van der Waals surface area contributed by atoms with Gasteiger partial charge in [0.1, 0.15) is 0 Å². The predicted molar refractivity (Wildman–Crippen MR) is 105 cm³/mol. The summed E-state index contributed by atoms with van der Waals surface area (Å²) in [5, 5.41) is 9.50. The molecule has 0 bridgehead atoms. The first-order valence-corrected chi connectivity index (χ1v) is 8.99. The molecule has 0 aliphatic rings. The molecule has 164 valence electrons. The molecule has 0 atom stereocenters. The number of rotatable bonds is 7. The Hall–Kier alpha value is -3.62. The molecular formula is C22H19F3O6. The molecule has 0 aliphatic heterocycles. The lowest BCUT2D eigenvalue weighted by Crippen LogP contribution is -2.05. The number of aromatic carboxylic acids is 1. The van der Waals surface area contributed by atoms with E-state index in [1.807, 2.05) is 0 Å². The highest BCUT2D eigenvalue weighted by Crippen LogP contribution is 2.40. The number of carbonyl (C=O) groups is 1. The molecule has 2 aromatic carbocycles. The van der Waals surface area contributed by atoms with E-state index in [-0.39, 0.29) is 17.5 Å². The second kappa shape index (κ2) is 8.63. The van der Waals surface area contributed by atoms with Crippen molar-refractivity contribution in [3.8, 4) is 28.4 Å². The number of methoxy groups -OCH3 is 3. The highest BCUT2D eigenvalue weighted by atomic mass is 19.4. The van der Waals surface area contributed by atoms with E-state index in [4.69, 9.17) is 18.6 Å². The summed E-state index contributed by atoms with van der Waals surface area (Å²) in [6.45, 7) is 0. The van der Waals surface area contributed by atoms with Crippen LogP contribution in [0.5, 0.6) is 17.2 Å². The van der Waals surface area contributed by atoms with E-state index in [1.165, 1.54) is 39.7 Å². The molecule has 1 N–H and O–H groups in total. The number of ether oxygens (including phenoxy) is 3. The van der Waals surface area contributed by atoms with Gasteiger partial charge in [0, 0.05) is 17.5 Å². The van der Waals surface area contributed by atoms with Crippen molar-refractivity contribution in [3.05, 3.63) is 65.1 Å². The van der Waals surface area contributed by atoms with Crippen LogP contribution >= 0.6 is 0 Å². The summed E-state index contributed by atoms with van der Waals surface area (Å²) in [6.07, 6.45) is -3.19. The third-order valence-electron chi connectivity index (χ3n) is 4.66. The van der Waals surface area contributed by atoms with Gasteiger partial charge in [0.15, 0.2) is 11.5 Å². The number of hydrogen-bond acceptors (Lipinski definition) is 5. The molecule has 1 aromatic heterocycles. The number of hydrogen-bond donors (Lipinski definition) is 1. The lowest BCUT2D eigenvalue weighted by molar-refractivity contribution is -0.137. The molecule has 0 unspecified atom stereocenters. The zero-order valence-corrected chi connectivity index (χ0v) is 16.9. The lowest BCUT2D eigenvalue weighted by Gasteiger charge is -2.14. The van der Waals surface area contributed by atoms with Gasteiger partial charge in [-0.2, -0.15) is 13.2 Å². The van der Waals surface area contributed by atoms with Gasteiger partial charge in [-0.1, -0.05) is 12.1 Å². The van der Waals surface area contributed by atoms with Gasteiger partial charge in [0.05, 0.1) is 33.2 Å². The maximum atomic E-state index is 13.2. The van der Waals surface area contributed by atoms with Crippen LogP contribution in [0, 0.1) is 0 Å². The molecule has 0 radical (unpaired) electrons. The number of carboxylic acid groups (broad SMARTS) is 1. The minimum absolute atomic E-state index is 0.0763. The van der Waals surface area contributed by atoms with E-state index >= 15 is 0 Å². The van der Waals surface area contributed by atoms with Crippen LogP contribution in [0.2, 0.25) is 0 Å². The van der Waals surface area contributed by atoms with E-state index in [9.17, 15) is 23.1 Å². The number of halogens is 3. The van der Waals surface area contributed by atoms with E-state index in [0.717, 1.165) is 12.1 Å². The second-order valence-electron chi connectivity index (χ2n) is 6.56. The summed E-state index contributed by atoms with van der Waals surface area (Å²) in [6, 6.07) is 7.79. The molecule has 0 fully saturated rings. The number of carboxylic acids is 1. The van der Waals surface area contributed by atoms with Crippen LogP contribution < -0.4 is 14.2 Å². The largest absolute Gasteiger partial charge is 0.493 e. The topological polar surface area (TPSA) is 78.1 Å². The monoisotopic (exact) mass is 436 g/mol. The van der Waals surface area contributed by atoms with Crippen LogP contribution in [0.4, 0.5) is 13.2 Å². The van der Waals surface area contributed by atoms with Crippen LogP contribution in [0.3, 0.4) is 0 Å². The number of alkyl halides is 3. The Balaban J connectivity index is 2.12. The SMILES string of the molecule is COc1cc(Cc2coc(C(=O)O)c2-c2cccc(C(F)(F)F)c2)cc(OC)c1OC. The van der Waals surface area contributed by atoms with Crippen LogP contribution in [0.25, 0.3) is 11.1 Å². The minimum Gasteiger partial charge on any atom is -0.493 e. The molecule has 0 saturated heterocycles. The first-order valence-electron chi connectivity index (χ1n) is 8.99. The van der Waals surface area contributed by atoms with Crippen LogP contribution in [-0.2, 0) is 12.6 Å². The Kier molecular flexibility index (Phi) is 6.14. The Labute approximate surface area is 175 Å². The third kappa shape index (κ3) is 4.45. The van der Waals surface area contributed by atoms with Crippen molar-refractivity contribution in [2.24, 2.45) is 0 Å². The maximum absolute atomic E-state index is 13.2. The van der Waals surface area contributed by atoms with Crippen molar-refractivity contribution in [1.29, 1.82) is 0 Å². The van der Waals surface area contributed by atoms with Gasteiger partial charge in [-0.15, -0.1) is 0 Å². The molecule has 3 rings (SSSR count). The first-order chi connectivity index (χ1) is 14.7. The Morgan fingerprint density at radius 1 is 1.03 bits per heavy atom. The van der Waals surface area contributed by atoms with Gasteiger partial charge >= 0.3 is 12.1 Å². The molecule has 0 amide bonds. The molecule has 3 aromatic rings. The average molecular weight is 436 g/mol. The predicted octanol–water partition coefficient (Wildman–Crippen LogP) is 5.28. The molecule has 6 nitrogen and oxygen atoms in total. The van der Waals surface area contributed by atoms with E-state index in [2.05, 4.69) is 0 Å². The van der Waals surface area contributed by atoms with Crippen molar-refractivity contribution in [2.75, 3.05) is 21.3 Å².